The molecule has 14 heavy (non-hydrogen) atoms. The molecule has 4 nitrogen and oxygen atoms in total. The molecule has 2 atom stereocenters. The Bertz CT molecular complexity index is 238. The van der Waals surface area contributed by atoms with E-state index in [2.05, 4.69) is 5.32 Å². The van der Waals surface area contributed by atoms with E-state index < -0.39 is 5.92 Å². The fourth-order valence-electron chi connectivity index (χ4n) is 1.78. The van der Waals surface area contributed by atoms with Gasteiger partial charge < -0.3 is 10.1 Å². The van der Waals surface area contributed by atoms with Crippen LogP contribution in [0, 0.1) is 17.8 Å². The molecule has 0 radical (unpaired) electrons. The highest BCUT2D eigenvalue weighted by Crippen LogP contribution is 2.26. The molecule has 1 amide bonds. The Balaban J connectivity index is 2.71. The summed E-state index contributed by atoms with van der Waals surface area (Å²) < 4.78 is 4.88. The predicted molar refractivity (Wildman–Crippen MR) is 51.5 cm³/mol. The minimum absolute atomic E-state index is 0.0709. The van der Waals surface area contributed by atoms with E-state index >= 15 is 0 Å². The Kier molecular flexibility index (Phi) is 3.49. The third-order valence-corrected chi connectivity index (χ3v) is 2.62. The summed E-state index contributed by atoms with van der Waals surface area (Å²) in [7, 11) is 0. The van der Waals surface area contributed by atoms with E-state index in [0.717, 1.165) is 0 Å². The number of ether oxygens (including phenoxy) is 1. The maximum atomic E-state index is 11.5. The van der Waals surface area contributed by atoms with Gasteiger partial charge in [-0.2, -0.15) is 0 Å². The van der Waals surface area contributed by atoms with Gasteiger partial charge in [0.1, 0.15) is 5.92 Å². The van der Waals surface area contributed by atoms with Crippen molar-refractivity contribution in [2.75, 3.05) is 13.2 Å². The van der Waals surface area contributed by atoms with Gasteiger partial charge in [-0.05, 0) is 12.8 Å². The molecule has 0 spiro atoms. The molecule has 1 aliphatic rings. The molecule has 1 heterocycles. The van der Waals surface area contributed by atoms with Crippen molar-refractivity contribution in [1.82, 2.24) is 5.32 Å². The van der Waals surface area contributed by atoms with Crippen molar-refractivity contribution in [3.05, 3.63) is 0 Å². The monoisotopic (exact) mass is 199 g/mol. The van der Waals surface area contributed by atoms with E-state index in [-0.39, 0.29) is 17.8 Å². The van der Waals surface area contributed by atoms with Gasteiger partial charge in [-0.3, -0.25) is 9.59 Å². The van der Waals surface area contributed by atoms with Crippen LogP contribution < -0.4 is 5.32 Å². The molecule has 0 bridgehead atoms. The SMILES string of the molecule is CCOC(=O)[C@@H]1C(=O)NC[C@@H]1C(C)C. The van der Waals surface area contributed by atoms with Crippen LogP contribution in [0.3, 0.4) is 0 Å². The van der Waals surface area contributed by atoms with Crippen LogP contribution in [-0.4, -0.2) is 25.0 Å². The summed E-state index contributed by atoms with van der Waals surface area (Å²) in [5.74, 6) is -0.803. The van der Waals surface area contributed by atoms with Crippen molar-refractivity contribution in [3.8, 4) is 0 Å². The molecule has 4 heteroatoms. The molecular formula is C10H17NO3. The molecule has 1 saturated heterocycles. The summed E-state index contributed by atoms with van der Waals surface area (Å²) in [6.07, 6.45) is 0. The summed E-state index contributed by atoms with van der Waals surface area (Å²) in [6, 6.07) is 0. The van der Waals surface area contributed by atoms with E-state index in [1.165, 1.54) is 0 Å². The number of carbonyl (C=O) groups is 2. The van der Waals surface area contributed by atoms with Crippen LogP contribution in [0.2, 0.25) is 0 Å². The van der Waals surface area contributed by atoms with Crippen LogP contribution in [-0.2, 0) is 14.3 Å². The molecule has 0 aliphatic carbocycles. The molecule has 0 aromatic carbocycles. The molecule has 1 aliphatic heterocycles. The van der Waals surface area contributed by atoms with Crippen LogP contribution >= 0.6 is 0 Å². The second-order valence-electron chi connectivity index (χ2n) is 3.88. The maximum absolute atomic E-state index is 11.5. The number of carbonyl (C=O) groups excluding carboxylic acids is 2. The highest BCUT2D eigenvalue weighted by atomic mass is 16.5. The number of hydrogen-bond acceptors (Lipinski definition) is 3. The van der Waals surface area contributed by atoms with Crippen molar-refractivity contribution >= 4 is 11.9 Å². The van der Waals surface area contributed by atoms with Gasteiger partial charge in [0.15, 0.2) is 0 Å². The summed E-state index contributed by atoms with van der Waals surface area (Å²) in [5, 5.41) is 2.70. The van der Waals surface area contributed by atoms with E-state index in [4.69, 9.17) is 4.74 Å². The lowest BCUT2D eigenvalue weighted by Gasteiger charge is -2.18. The van der Waals surface area contributed by atoms with Crippen LogP contribution in [0.4, 0.5) is 0 Å². The number of esters is 1. The molecule has 80 valence electrons. The van der Waals surface area contributed by atoms with Gasteiger partial charge in [0, 0.05) is 12.5 Å². The van der Waals surface area contributed by atoms with Crippen LogP contribution in [0.15, 0.2) is 0 Å². The van der Waals surface area contributed by atoms with Crippen molar-refractivity contribution in [2.45, 2.75) is 20.8 Å². The summed E-state index contributed by atoms with van der Waals surface area (Å²) in [6.45, 7) is 6.68. The number of rotatable bonds is 3. The van der Waals surface area contributed by atoms with E-state index in [9.17, 15) is 9.59 Å². The smallest absolute Gasteiger partial charge is 0.318 e. The lowest BCUT2D eigenvalue weighted by molar-refractivity contribution is -0.152. The van der Waals surface area contributed by atoms with Crippen LogP contribution in [0.1, 0.15) is 20.8 Å². The topological polar surface area (TPSA) is 55.4 Å². The predicted octanol–water partition coefficient (Wildman–Crippen LogP) is 0.568. The van der Waals surface area contributed by atoms with Crippen molar-refractivity contribution in [3.63, 3.8) is 0 Å². The van der Waals surface area contributed by atoms with Gasteiger partial charge in [0.2, 0.25) is 5.91 Å². The Morgan fingerprint density at radius 2 is 2.29 bits per heavy atom. The average molecular weight is 199 g/mol. The minimum atomic E-state index is -0.602. The highest BCUT2D eigenvalue weighted by molar-refractivity contribution is 5.99. The third kappa shape index (κ3) is 2.05. The average Bonchev–Trinajstić information content (AvgIpc) is 2.47. The van der Waals surface area contributed by atoms with Crippen molar-refractivity contribution < 1.29 is 14.3 Å². The second kappa shape index (κ2) is 4.44. The van der Waals surface area contributed by atoms with Gasteiger partial charge >= 0.3 is 5.97 Å². The van der Waals surface area contributed by atoms with Gasteiger partial charge in [-0.15, -0.1) is 0 Å². The van der Waals surface area contributed by atoms with Crippen molar-refractivity contribution in [2.24, 2.45) is 17.8 Å². The van der Waals surface area contributed by atoms with E-state index in [1.54, 1.807) is 6.92 Å². The Hall–Kier alpha value is -1.06. The van der Waals surface area contributed by atoms with Gasteiger partial charge in [-0.1, -0.05) is 13.8 Å². The fraction of sp³-hybridized carbons (Fsp3) is 0.800. The van der Waals surface area contributed by atoms with Crippen molar-refractivity contribution in [1.29, 1.82) is 0 Å². The summed E-state index contributed by atoms with van der Waals surface area (Å²) in [5.41, 5.74) is 0. The first kappa shape index (κ1) is 11.0. The van der Waals surface area contributed by atoms with Gasteiger partial charge in [0.25, 0.3) is 0 Å². The second-order valence-corrected chi connectivity index (χ2v) is 3.88. The molecule has 0 unspecified atom stereocenters. The zero-order valence-corrected chi connectivity index (χ0v) is 8.87. The molecule has 0 saturated carbocycles. The first-order valence-electron chi connectivity index (χ1n) is 5.02. The maximum Gasteiger partial charge on any atom is 0.318 e. The molecule has 1 N–H and O–H groups in total. The Morgan fingerprint density at radius 1 is 1.64 bits per heavy atom. The van der Waals surface area contributed by atoms with E-state index in [1.807, 2.05) is 13.8 Å². The molecule has 1 fully saturated rings. The quantitative estimate of drug-likeness (QED) is 0.534. The fourth-order valence-corrected chi connectivity index (χ4v) is 1.78. The largest absolute Gasteiger partial charge is 0.465 e. The zero-order valence-electron chi connectivity index (χ0n) is 8.87. The normalized spacial score (nSPS) is 26.4. The van der Waals surface area contributed by atoms with Gasteiger partial charge in [0.05, 0.1) is 6.61 Å². The van der Waals surface area contributed by atoms with E-state index in [0.29, 0.717) is 19.1 Å². The number of nitrogens with one attached hydrogen (secondary N) is 1. The minimum Gasteiger partial charge on any atom is -0.465 e. The standard InChI is InChI=1S/C10H17NO3/c1-4-14-10(13)8-7(6(2)3)5-11-9(8)12/h6-8H,4-5H2,1-3H3,(H,11,12)/t7-,8+/m1/s1. The van der Waals surface area contributed by atoms with Crippen LogP contribution in [0.25, 0.3) is 0 Å². The summed E-state index contributed by atoms with van der Waals surface area (Å²) in [4.78, 5) is 22.9. The Morgan fingerprint density at radius 3 is 2.79 bits per heavy atom. The first-order chi connectivity index (χ1) is 6.57. The van der Waals surface area contributed by atoms with Crippen LogP contribution in [0.5, 0.6) is 0 Å². The lowest BCUT2D eigenvalue weighted by Crippen LogP contribution is -2.31. The lowest BCUT2D eigenvalue weighted by atomic mass is 9.86. The molecule has 1 rings (SSSR count). The third-order valence-electron chi connectivity index (χ3n) is 2.62. The number of amides is 1. The molecule has 0 aromatic heterocycles. The first-order valence-corrected chi connectivity index (χ1v) is 5.02. The summed E-state index contributed by atoms with van der Waals surface area (Å²) >= 11 is 0. The zero-order chi connectivity index (χ0) is 10.7. The highest BCUT2D eigenvalue weighted by Gasteiger charge is 2.42. The number of hydrogen-bond donors (Lipinski definition) is 1. The molecule has 0 aromatic rings. The van der Waals surface area contributed by atoms with Gasteiger partial charge in [-0.25, -0.2) is 0 Å². The Labute approximate surface area is 84.0 Å². The molecular weight excluding hydrogens is 182 g/mol.